The molecule has 2 aromatic rings. The molecule has 7 nitrogen and oxygen atoms in total. The van der Waals surface area contributed by atoms with Crippen molar-refractivity contribution < 1.29 is 13.5 Å². The highest BCUT2D eigenvalue weighted by molar-refractivity contribution is 14.0. The Bertz CT molecular complexity index is 723. The van der Waals surface area contributed by atoms with Crippen LogP contribution in [0.3, 0.4) is 0 Å². The van der Waals surface area contributed by atoms with Crippen LogP contribution >= 0.6 is 24.0 Å². The van der Waals surface area contributed by atoms with Crippen LogP contribution in [-0.2, 0) is 19.5 Å². The van der Waals surface area contributed by atoms with Crippen LogP contribution in [0.25, 0.3) is 0 Å². The molecule has 0 saturated heterocycles. The topological polar surface area (TPSA) is 67.6 Å². The summed E-state index contributed by atoms with van der Waals surface area (Å²) in [7, 11) is 1.93. The Kier molecular flexibility index (Phi) is 10.7. The number of aromatic nitrogens is 3. The third kappa shape index (κ3) is 7.56. The van der Waals surface area contributed by atoms with E-state index < -0.39 is 6.61 Å². The Morgan fingerprint density at radius 1 is 1.29 bits per heavy atom. The zero-order valence-corrected chi connectivity index (χ0v) is 18.6. The summed E-state index contributed by atoms with van der Waals surface area (Å²) in [5, 5.41) is 11.3. The predicted molar refractivity (Wildman–Crippen MR) is 115 cm³/mol. The first-order valence-corrected chi connectivity index (χ1v) is 8.93. The number of alkyl halides is 2. The fourth-order valence-corrected chi connectivity index (χ4v) is 2.60. The second-order valence-electron chi connectivity index (χ2n) is 5.91. The van der Waals surface area contributed by atoms with Crippen LogP contribution in [0.5, 0.6) is 5.75 Å². The maximum atomic E-state index is 12.2. The monoisotopic (exact) mass is 508 g/mol. The number of aryl methyl sites for hydroxylation is 1. The minimum absolute atomic E-state index is 0. The molecule has 0 aliphatic rings. The normalized spacial score (nSPS) is 11.3. The van der Waals surface area contributed by atoms with Crippen LogP contribution in [0.2, 0.25) is 0 Å². The molecule has 0 aliphatic carbocycles. The van der Waals surface area contributed by atoms with E-state index in [0.717, 1.165) is 30.3 Å². The molecule has 2 rings (SSSR count). The Labute approximate surface area is 181 Å². The van der Waals surface area contributed by atoms with Gasteiger partial charge in [0.15, 0.2) is 5.96 Å². The first-order valence-electron chi connectivity index (χ1n) is 8.93. The summed E-state index contributed by atoms with van der Waals surface area (Å²) in [6.07, 6.45) is 2.54. The van der Waals surface area contributed by atoms with E-state index in [2.05, 4.69) is 25.2 Å². The van der Waals surface area contributed by atoms with Crippen molar-refractivity contribution >= 4 is 29.9 Å². The summed E-state index contributed by atoms with van der Waals surface area (Å²) < 4.78 is 30.8. The van der Waals surface area contributed by atoms with Gasteiger partial charge in [-0.15, -0.1) is 34.2 Å². The predicted octanol–water partition coefficient (Wildman–Crippen LogP) is 3.16. The first kappa shape index (κ1) is 24.1. The van der Waals surface area contributed by atoms with Gasteiger partial charge in [0, 0.05) is 33.1 Å². The third-order valence-electron chi connectivity index (χ3n) is 3.88. The number of hydrogen-bond donors (Lipinski definition) is 1. The second-order valence-corrected chi connectivity index (χ2v) is 5.91. The Balaban J connectivity index is 0.00000392. The van der Waals surface area contributed by atoms with Gasteiger partial charge >= 0.3 is 6.61 Å². The molecule has 156 valence electrons. The number of guanidine groups is 1. The number of halogens is 3. The lowest BCUT2D eigenvalue weighted by atomic mass is 10.2. The average molecular weight is 508 g/mol. The van der Waals surface area contributed by atoms with E-state index in [-0.39, 0.29) is 29.7 Å². The van der Waals surface area contributed by atoms with Crippen LogP contribution in [0.15, 0.2) is 35.6 Å². The van der Waals surface area contributed by atoms with E-state index in [1.54, 1.807) is 18.5 Å². The zero-order chi connectivity index (χ0) is 19.6. The molecule has 0 aliphatic heterocycles. The van der Waals surface area contributed by atoms with Gasteiger partial charge in [-0.2, -0.15) is 8.78 Å². The first-order chi connectivity index (χ1) is 13.0. The Hall–Kier alpha value is -1.98. The maximum Gasteiger partial charge on any atom is 0.387 e. The van der Waals surface area contributed by atoms with Gasteiger partial charge in [0.1, 0.15) is 17.9 Å². The minimum atomic E-state index is -2.81. The van der Waals surface area contributed by atoms with Crippen LogP contribution in [0.1, 0.15) is 25.2 Å². The van der Waals surface area contributed by atoms with E-state index in [4.69, 9.17) is 0 Å². The molecule has 0 saturated carbocycles. The Morgan fingerprint density at radius 3 is 2.61 bits per heavy atom. The number of hydrogen-bond acceptors (Lipinski definition) is 4. The molecule has 0 amide bonds. The largest absolute Gasteiger partial charge is 0.435 e. The van der Waals surface area contributed by atoms with E-state index >= 15 is 0 Å². The van der Waals surface area contributed by atoms with E-state index in [1.165, 1.54) is 12.1 Å². The molecule has 0 radical (unpaired) electrons. The molecule has 0 fully saturated rings. The van der Waals surface area contributed by atoms with Gasteiger partial charge in [0.05, 0.1) is 6.54 Å². The molecule has 1 N–H and O–H groups in total. The van der Waals surface area contributed by atoms with Crippen molar-refractivity contribution in [3.8, 4) is 5.75 Å². The number of aliphatic imine (C=N–C) groups is 1. The number of benzene rings is 1. The van der Waals surface area contributed by atoms with Crippen molar-refractivity contribution in [3.05, 3.63) is 42.0 Å². The summed E-state index contributed by atoms with van der Waals surface area (Å²) in [6.45, 7) is 3.88. The summed E-state index contributed by atoms with van der Waals surface area (Å²) in [5.74, 6) is 1.86. The third-order valence-corrected chi connectivity index (χ3v) is 3.88. The Morgan fingerprint density at radius 2 is 2.00 bits per heavy atom. The lowest BCUT2D eigenvalue weighted by molar-refractivity contribution is -0.0498. The van der Waals surface area contributed by atoms with Gasteiger partial charge < -0.3 is 19.5 Å². The standard InChI is InChI=1S/C18H26F2N6O.HI/c1-4-16-24-23-13-26(16)11-10-22-18(21-5-2)25(3)12-14-6-8-15(9-7-14)27-17(19)20;/h6-9,13,17H,4-5,10-12H2,1-3H3,(H,21,22);1H. The summed E-state index contributed by atoms with van der Waals surface area (Å²) in [6, 6.07) is 6.61. The zero-order valence-electron chi connectivity index (χ0n) is 16.3. The molecular weight excluding hydrogens is 481 g/mol. The lowest BCUT2D eigenvalue weighted by Crippen LogP contribution is -2.38. The van der Waals surface area contributed by atoms with Crippen molar-refractivity contribution in [1.82, 2.24) is 25.0 Å². The smallest absolute Gasteiger partial charge is 0.387 e. The van der Waals surface area contributed by atoms with Gasteiger partial charge in [0.25, 0.3) is 0 Å². The molecule has 1 aromatic heterocycles. The van der Waals surface area contributed by atoms with Crippen LogP contribution in [0.4, 0.5) is 8.78 Å². The van der Waals surface area contributed by atoms with E-state index in [0.29, 0.717) is 19.6 Å². The van der Waals surface area contributed by atoms with Crippen molar-refractivity contribution in [3.63, 3.8) is 0 Å². The minimum Gasteiger partial charge on any atom is -0.435 e. The summed E-state index contributed by atoms with van der Waals surface area (Å²) in [4.78, 5) is 6.63. The van der Waals surface area contributed by atoms with Crippen molar-refractivity contribution in [2.24, 2.45) is 4.99 Å². The highest BCUT2D eigenvalue weighted by Gasteiger charge is 2.08. The molecule has 0 unspecified atom stereocenters. The van der Waals surface area contributed by atoms with E-state index in [1.807, 2.05) is 30.4 Å². The molecular formula is C18H27F2IN6O. The number of nitrogens with zero attached hydrogens (tertiary/aromatic N) is 5. The maximum absolute atomic E-state index is 12.2. The molecule has 10 heteroatoms. The highest BCUT2D eigenvalue weighted by Crippen LogP contribution is 2.15. The fourth-order valence-electron chi connectivity index (χ4n) is 2.60. The van der Waals surface area contributed by atoms with Crippen LogP contribution < -0.4 is 10.1 Å². The number of ether oxygens (including phenoxy) is 1. The molecule has 0 atom stereocenters. The van der Waals surface area contributed by atoms with E-state index in [9.17, 15) is 8.78 Å². The van der Waals surface area contributed by atoms with Gasteiger partial charge in [-0.05, 0) is 24.6 Å². The number of nitrogens with one attached hydrogen (secondary N) is 1. The molecule has 0 bridgehead atoms. The van der Waals surface area contributed by atoms with Crippen molar-refractivity contribution in [1.29, 1.82) is 0 Å². The SMILES string of the molecule is CCNC(=NCCn1cnnc1CC)N(C)Cc1ccc(OC(F)F)cc1.I. The second kappa shape index (κ2) is 12.5. The van der Waals surface area contributed by atoms with Gasteiger partial charge in [-0.3, -0.25) is 4.99 Å². The fraction of sp³-hybridized carbons (Fsp3) is 0.500. The van der Waals surface area contributed by atoms with Gasteiger partial charge in [-0.25, -0.2) is 0 Å². The van der Waals surface area contributed by atoms with Crippen LogP contribution in [-0.4, -0.2) is 52.4 Å². The van der Waals surface area contributed by atoms with Crippen LogP contribution in [0, 0.1) is 0 Å². The van der Waals surface area contributed by atoms with Gasteiger partial charge in [-0.1, -0.05) is 19.1 Å². The highest BCUT2D eigenvalue weighted by atomic mass is 127. The number of rotatable bonds is 9. The molecule has 28 heavy (non-hydrogen) atoms. The molecule has 1 heterocycles. The van der Waals surface area contributed by atoms with Gasteiger partial charge in [0.2, 0.25) is 0 Å². The quantitative estimate of drug-likeness (QED) is 0.320. The molecule has 1 aromatic carbocycles. The average Bonchev–Trinajstić information content (AvgIpc) is 3.09. The van der Waals surface area contributed by atoms with Crippen molar-refractivity contribution in [2.75, 3.05) is 20.1 Å². The summed E-state index contributed by atoms with van der Waals surface area (Å²) >= 11 is 0. The lowest BCUT2D eigenvalue weighted by Gasteiger charge is -2.22. The van der Waals surface area contributed by atoms with Crippen molar-refractivity contribution in [2.45, 2.75) is 40.0 Å². The molecule has 0 spiro atoms. The summed E-state index contributed by atoms with van der Waals surface area (Å²) in [5.41, 5.74) is 0.969.